The largest absolute Gasteiger partial charge is 0.457 e. The van der Waals surface area contributed by atoms with Crippen LogP contribution in [0.3, 0.4) is 0 Å². The molecule has 142 valence electrons. The van der Waals surface area contributed by atoms with Gasteiger partial charge in [0.1, 0.15) is 11.5 Å². The second-order valence-electron chi connectivity index (χ2n) is 5.54. The van der Waals surface area contributed by atoms with Crippen molar-refractivity contribution in [2.24, 2.45) is 0 Å². The quantitative estimate of drug-likeness (QED) is 0.309. The van der Waals surface area contributed by atoms with Crippen LogP contribution in [0.2, 0.25) is 0 Å². The number of alkyl halides is 1. The molecular formula is C18H22FO5PS. The van der Waals surface area contributed by atoms with Crippen LogP contribution in [0.25, 0.3) is 10.1 Å². The molecule has 0 amide bonds. The summed E-state index contributed by atoms with van der Waals surface area (Å²) < 4.78 is 44.5. The number of thiophene rings is 1. The zero-order valence-electron chi connectivity index (χ0n) is 15.0. The van der Waals surface area contributed by atoms with Crippen LogP contribution in [0.5, 0.6) is 0 Å². The molecule has 2 aromatic rings. The highest BCUT2D eigenvalue weighted by Gasteiger charge is 2.49. The molecule has 0 saturated heterocycles. The highest BCUT2D eigenvalue weighted by atomic mass is 32.1. The lowest BCUT2D eigenvalue weighted by Gasteiger charge is -2.29. The number of hydrogen-bond acceptors (Lipinski definition) is 6. The first-order valence-corrected chi connectivity index (χ1v) is 10.5. The van der Waals surface area contributed by atoms with Gasteiger partial charge in [0.05, 0.1) is 13.2 Å². The molecule has 0 aliphatic heterocycles. The van der Waals surface area contributed by atoms with E-state index in [1.54, 1.807) is 32.0 Å². The molecule has 0 radical (unpaired) electrons. The third-order valence-electron chi connectivity index (χ3n) is 3.69. The molecule has 0 aliphatic rings. The Labute approximate surface area is 156 Å². The maximum atomic E-state index is 15.5. The van der Waals surface area contributed by atoms with Crippen molar-refractivity contribution in [3.8, 4) is 0 Å². The van der Waals surface area contributed by atoms with Gasteiger partial charge in [0, 0.05) is 10.3 Å². The number of hydrogen-bond donors (Lipinski definition) is 0. The molecule has 0 N–H and O–H groups in total. The second-order valence-corrected chi connectivity index (χ2v) is 8.97. The number of carbonyl (C=O) groups is 1. The predicted octanol–water partition coefficient (Wildman–Crippen LogP) is 5.65. The predicted molar refractivity (Wildman–Crippen MR) is 102 cm³/mol. The van der Waals surface area contributed by atoms with Gasteiger partial charge < -0.3 is 13.8 Å². The Kier molecular flexibility index (Phi) is 6.74. The van der Waals surface area contributed by atoms with Gasteiger partial charge in [-0.15, -0.1) is 11.3 Å². The molecule has 0 bridgehead atoms. The zero-order valence-corrected chi connectivity index (χ0v) is 16.7. The fourth-order valence-corrected chi connectivity index (χ4v) is 5.04. The Bertz CT molecular complexity index is 835. The molecule has 2 rings (SSSR count). The van der Waals surface area contributed by atoms with E-state index >= 15 is 4.39 Å². The van der Waals surface area contributed by atoms with Gasteiger partial charge in [0.15, 0.2) is 0 Å². The van der Waals surface area contributed by atoms with Crippen molar-refractivity contribution in [1.29, 1.82) is 0 Å². The highest BCUT2D eigenvalue weighted by molar-refractivity contribution is 7.54. The molecule has 1 aromatic carbocycles. The number of benzene rings is 1. The first-order valence-electron chi connectivity index (χ1n) is 8.19. The molecule has 0 saturated carbocycles. The van der Waals surface area contributed by atoms with Crippen molar-refractivity contribution in [2.45, 2.75) is 26.2 Å². The van der Waals surface area contributed by atoms with Gasteiger partial charge in [-0.3, -0.25) is 4.57 Å². The van der Waals surface area contributed by atoms with Crippen molar-refractivity contribution in [3.63, 3.8) is 0 Å². The van der Waals surface area contributed by atoms with Gasteiger partial charge in [-0.05, 0) is 44.4 Å². The van der Waals surface area contributed by atoms with Gasteiger partial charge in [0.25, 0.3) is 0 Å². The molecule has 0 spiro atoms. The van der Waals surface area contributed by atoms with Crippen molar-refractivity contribution >= 4 is 35.0 Å². The first kappa shape index (κ1) is 20.8. The van der Waals surface area contributed by atoms with E-state index in [1.165, 1.54) is 30.4 Å². The lowest BCUT2D eigenvalue weighted by molar-refractivity contribution is 0.0555. The molecular weight excluding hydrogens is 378 g/mol. The molecule has 0 aliphatic carbocycles. The molecule has 8 heteroatoms. The third kappa shape index (κ3) is 4.07. The highest BCUT2D eigenvalue weighted by Crippen LogP contribution is 2.65. The summed E-state index contributed by atoms with van der Waals surface area (Å²) in [6, 6.07) is 6.39. The average Bonchev–Trinajstić information content (AvgIpc) is 3.03. The van der Waals surface area contributed by atoms with Crippen molar-refractivity contribution in [1.82, 2.24) is 0 Å². The number of fused-ring (bicyclic) bond motifs is 1. The summed E-state index contributed by atoms with van der Waals surface area (Å²) in [6.07, 6.45) is 1.48. The molecule has 0 fully saturated rings. The number of esters is 1. The van der Waals surface area contributed by atoms with Gasteiger partial charge in [-0.1, -0.05) is 18.7 Å². The van der Waals surface area contributed by atoms with Gasteiger partial charge >= 0.3 is 13.6 Å². The number of halogens is 1. The van der Waals surface area contributed by atoms with Crippen LogP contribution in [0.1, 0.15) is 36.0 Å². The van der Waals surface area contributed by atoms with E-state index < -0.39 is 19.0 Å². The molecule has 1 heterocycles. The van der Waals surface area contributed by atoms with Crippen molar-refractivity contribution in [3.05, 3.63) is 47.4 Å². The van der Waals surface area contributed by atoms with Gasteiger partial charge in [-0.2, -0.15) is 0 Å². The normalized spacial score (nSPS) is 14.2. The minimum absolute atomic E-state index is 0.0662. The Morgan fingerprint density at radius 3 is 2.54 bits per heavy atom. The van der Waals surface area contributed by atoms with E-state index in [-0.39, 0.29) is 25.4 Å². The van der Waals surface area contributed by atoms with Crippen LogP contribution in [-0.4, -0.2) is 25.8 Å². The van der Waals surface area contributed by atoms with Crippen LogP contribution < -0.4 is 0 Å². The average molecular weight is 400 g/mol. The molecule has 26 heavy (non-hydrogen) atoms. The Balaban J connectivity index is 2.42. The van der Waals surface area contributed by atoms with E-state index in [9.17, 15) is 9.36 Å². The Morgan fingerprint density at radius 1 is 1.31 bits per heavy atom. The lowest BCUT2D eigenvalue weighted by atomic mass is 10.1. The Hall–Kier alpha value is -1.53. The smallest absolute Gasteiger partial charge is 0.371 e. The summed E-state index contributed by atoms with van der Waals surface area (Å²) in [6.45, 7) is 8.19. The third-order valence-corrected chi connectivity index (χ3v) is 7.27. The maximum absolute atomic E-state index is 15.5. The van der Waals surface area contributed by atoms with E-state index in [2.05, 4.69) is 6.58 Å². The number of carbonyl (C=O) groups excluding carboxylic acids is 1. The van der Waals surface area contributed by atoms with E-state index in [0.717, 1.165) is 4.70 Å². The minimum atomic E-state index is -4.02. The second kappa shape index (κ2) is 8.44. The van der Waals surface area contributed by atoms with Crippen LogP contribution in [0, 0.1) is 0 Å². The van der Waals surface area contributed by atoms with E-state index in [4.69, 9.17) is 13.8 Å². The van der Waals surface area contributed by atoms with Crippen LogP contribution in [0.15, 0.2) is 36.9 Å². The summed E-state index contributed by atoms with van der Waals surface area (Å²) in [5, 5.41) is -1.67. The maximum Gasteiger partial charge on any atom is 0.371 e. The standard InChI is InChI=1S/C18H22FO5PS/c1-5-10-22-17(20)16-12-13-11-14(8-9-15(13)26-16)18(4,19)25(21,23-6-2)24-7-3/h5,8-9,11-12H,1,6-7,10H2,2-4H3. The fraction of sp³-hybridized carbons (Fsp3) is 0.389. The van der Waals surface area contributed by atoms with E-state index in [0.29, 0.717) is 10.3 Å². The molecule has 1 aromatic heterocycles. The zero-order chi connectivity index (χ0) is 19.4. The number of ether oxygens (including phenoxy) is 1. The topological polar surface area (TPSA) is 61.8 Å². The van der Waals surface area contributed by atoms with Crippen molar-refractivity contribution in [2.75, 3.05) is 19.8 Å². The monoisotopic (exact) mass is 400 g/mol. The van der Waals surface area contributed by atoms with Crippen molar-refractivity contribution < 1.29 is 27.5 Å². The minimum Gasteiger partial charge on any atom is -0.457 e. The Morgan fingerprint density at radius 2 is 1.96 bits per heavy atom. The molecule has 1 atom stereocenters. The summed E-state index contributed by atoms with van der Waals surface area (Å²) in [5.41, 5.74) is 0.166. The SMILES string of the molecule is C=CCOC(=O)c1cc2cc(C(C)(F)P(=O)(OCC)OCC)ccc2s1. The summed E-state index contributed by atoms with van der Waals surface area (Å²) in [7, 11) is -4.02. The van der Waals surface area contributed by atoms with Gasteiger partial charge in [0.2, 0.25) is 5.41 Å². The summed E-state index contributed by atoms with van der Waals surface area (Å²) >= 11 is 1.24. The first-order chi connectivity index (χ1) is 12.3. The molecule has 1 unspecified atom stereocenters. The lowest BCUT2D eigenvalue weighted by Crippen LogP contribution is -2.19. The molecule has 5 nitrogen and oxygen atoms in total. The van der Waals surface area contributed by atoms with E-state index in [1.807, 2.05) is 0 Å². The van der Waals surface area contributed by atoms with Crippen LogP contribution in [0.4, 0.5) is 4.39 Å². The summed E-state index contributed by atoms with van der Waals surface area (Å²) in [5.74, 6) is -0.468. The number of rotatable bonds is 9. The summed E-state index contributed by atoms with van der Waals surface area (Å²) in [4.78, 5) is 12.4. The van der Waals surface area contributed by atoms with Crippen LogP contribution >= 0.6 is 18.9 Å². The van der Waals surface area contributed by atoms with Crippen LogP contribution in [-0.2, 0) is 23.8 Å². The fourth-order valence-electron chi connectivity index (χ4n) is 2.41. The van der Waals surface area contributed by atoms with Gasteiger partial charge in [-0.25, -0.2) is 9.18 Å².